The van der Waals surface area contributed by atoms with E-state index in [9.17, 15) is 9.59 Å². The van der Waals surface area contributed by atoms with E-state index in [4.69, 9.17) is 23.2 Å². The number of carbonyl (C=O) groups excluding carboxylic acids is 2. The van der Waals surface area contributed by atoms with E-state index in [-0.39, 0.29) is 11.8 Å². The van der Waals surface area contributed by atoms with Crippen LogP contribution in [-0.2, 0) is 0 Å². The van der Waals surface area contributed by atoms with E-state index in [1.807, 2.05) is 25.1 Å². The number of aryl methyl sites for hydroxylation is 1. The third-order valence-electron chi connectivity index (χ3n) is 3.92. The van der Waals surface area contributed by atoms with Crippen molar-refractivity contribution >= 4 is 46.4 Å². The fourth-order valence-electron chi connectivity index (χ4n) is 2.55. The fourth-order valence-corrected chi connectivity index (χ4v) is 3.08. The van der Waals surface area contributed by atoms with E-state index >= 15 is 0 Å². The molecule has 0 unspecified atom stereocenters. The summed E-state index contributed by atoms with van der Waals surface area (Å²) in [5.41, 5.74) is 3.10. The average molecular weight is 399 g/mol. The Kier molecular flexibility index (Phi) is 5.79. The first-order chi connectivity index (χ1) is 12.9. The predicted octanol–water partition coefficient (Wildman–Crippen LogP) is 5.81. The highest BCUT2D eigenvalue weighted by Crippen LogP contribution is 2.21. The van der Waals surface area contributed by atoms with Crippen LogP contribution < -0.4 is 10.6 Å². The summed E-state index contributed by atoms with van der Waals surface area (Å²) in [6, 6.07) is 18.9. The molecule has 4 nitrogen and oxygen atoms in total. The molecule has 0 aliphatic heterocycles. The lowest BCUT2D eigenvalue weighted by atomic mass is 10.1. The van der Waals surface area contributed by atoms with Gasteiger partial charge in [0.1, 0.15) is 0 Å². The van der Waals surface area contributed by atoms with Gasteiger partial charge in [0.05, 0.1) is 0 Å². The highest BCUT2D eigenvalue weighted by Gasteiger charge is 2.10. The molecule has 3 rings (SSSR count). The number of hydrogen-bond donors (Lipinski definition) is 2. The standard InChI is InChI=1S/C21H16Cl2N2O2/c1-13-4-2-3-5-19(13)21(27)25-18-8-6-17(7-9-18)24-20(26)14-10-15(22)12-16(23)11-14/h2-12H,1H3,(H,24,26)(H,25,27). The van der Waals surface area contributed by atoms with Gasteiger partial charge in [-0.1, -0.05) is 41.4 Å². The topological polar surface area (TPSA) is 58.2 Å². The highest BCUT2D eigenvalue weighted by atomic mass is 35.5. The van der Waals surface area contributed by atoms with Crippen LogP contribution >= 0.6 is 23.2 Å². The lowest BCUT2D eigenvalue weighted by molar-refractivity contribution is 0.101. The third-order valence-corrected chi connectivity index (χ3v) is 4.35. The number of carbonyl (C=O) groups is 2. The van der Waals surface area contributed by atoms with Gasteiger partial charge in [-0.15, -0.1) is 0 Å². The summed E-state index contributed by atoms with van der Waals surface area (Å²) in [5, 5.41) is 6.39. The van der Waals surface area contributed by atoms with Crippen molar-refractivity contribution in [2.24, 2.45) is 0 Å². The predicted molar refractivity (Wildman–Crippen MR) is 110 cm³/mol. The van der Waals surface area contributed by atoms with Crippen molar-refractivity contribution in [1.29, 1.82) is 0 Å². The monoisotopic (exact) mass is 398 g/mol. The number of anilines is 2. The Labute approximate surface area is 167 Å². The number of hydrogen-bond acceptors (Lipinski definition) is 2. The summed E-state index contributed by atoms with van der Waals surface area (Å²) >= 11 is 11.8. The summed E-state index contributed by atoms with van der Waals surface area (Å²) in [5.74, 6) is -0.505. The molecule has 3 aromatic carbocycles. The SMILES string of the molecule is Cc1ccccc1C(=O)Nc1ccc(NC(=O)c2cc(Cl)cc(Cl)c2)cc1. The van der Waals surface area contributed by atoms with Crippen LogP contribution in [0, 0.1) is 6.92 Å². The number of amides is 2. The largest absolute Gasteiger partial charge is 0.322 e. The van der Waals surface area contributed by atoms with Crippen LogP contribution in [-0.4, -0.2) is 11.8 Å². The molecule has 0 heterocycles. The minimum absolute atomic E-state index is 0.182. The molecule has 0 saturated heterocycles. The number of benzene rings is 3. The second kappa shape index (κ2) is 8.25. The molecule has 0 atom stereocenters. The maximum atomic E-state index is 12.3. The Morgan fingerprint density at radius 3 is 1.81 bits per heavy atom. The van der Waals surface area contributed by atoms with E-state index in [1.165, 1.54) is 0 Å². The number of halogens is 2. The maximum Gasteiger partial charge on any atom is 0.255 e. The Bertz CT molecular complexity index is 981. The molecule has 2 N–H and O–H groups in total. The maximum absolute atomic E-state index is 12.3. The summed E-state index contributed by atoms with van der Waals surface area (Å²) in [4.78, 5) is 24.6. The van der Waals surface area contributed by atoms with Crippen molar-refractivity contribution in [3.05, 3.63) is 93.5 Å². The van der Waals surface area contributed by atoms with Gasteiger partial charge in [-0.25, -0.2) is 0 Å². The van der Waals surface area contributed by atoms with Crippen molar-refractivity contribution in [3.8, 4) is 0 Å². The Balaban J connectivity index is 1.67. The zero-order valence-corrected chi connectivity index (χ0v) is 15.9. The average Bonchev–Trinajstić information content (AvgIpc) is 2.63. The molecule has 6 heteroatoms. The Hall–Kier alpha value is -2.82. The third kappa shape index (κ3) is 4.88. The van der Waals surface area contributed by atoms with E-state index in [0.29, 0.717) is 32.5 Å². The molecule has 0 aromatic heterocycles. The molecule has 2 amide bonds. The van der Waals surface area contributed by atoms with Gasteiger partial charge >= 0.3 is 0 Å². The second-order valence-electron chi connectivity index (χ2n) is 5.96. The molecule has 0 saturated carbocycles. The molecule has 0 bridgehead atoms. The fraction of sp³-hybridized carbons (Fsp3) is 0.0476. The summed E-state index contributed by atoms with van der Waals surface area (Å²) in [7, 11) is 0. The van der Waals surface area contributed by atoms with Crippen molar-refractivity contribution in [1.82, 2.24) is 0 Å². The van der Waals surface area contributed by atoms with Gasteiger partial charge in [-0.3, -0.25) is 9.59 Å². The van der Waals surface area contributed by atoms with E-state index in [1.54, 1.807) is 48.5 Å². The quantitative estimate of drug-likeness (QED) is 0.582. The zero-order valence-electron chi connectivity index (χ0n) is 14.4. The van der Waals surface area contributed by atoms with Crippen LogP contribution in [0.2, 0.25) is 10.0 Å². The smallest absolute Gasteiger partial charge is 0.255 e. The van der Waals surface area contributed by atoms with Gasteiger partial charge in [0.2, 0.25) is 0 Å². The van der Waals surface area contributed by atoms with Crippen molar-refractivity contribution in [3.63, 3.8) is 0 Å². The van der Waals surface area contributed by atoms with Crippen molar-refractivity contribution in [2.75, 3.05) is 10.6 Å². The molecular weight excluding hydrogens is 383 g/mol. The van der Waals surface area contributed by atoms with Gasteiger partial charge in [0.15, 0.2) is 0 Å². The molecule has 3 aromatic rings. The van der Waals surface area contributed by atoms with Crippen LogP contribution in [0.5, 0.6) is 0 Å². The van der Waals surface area contributed by atoms with E-state index in [0.717, 1.165) is 5.56 Å². The molecule has 0 aliphatic carbocycles. The molecule has 0 fully saturated rings. The van der Waals surface area contributed by atoms with Crippen LogP contribution in [0.25, 0.3) is 0 Å². The molecule has 0 radical (unpaired) electrons. The summed E-state index contributed by atoms with van der Waals surface area (Å²) < 4.78 is 0. The number of nitrogens with one attached hydrogen (secondary N) is 2. The van der Waals surface area contributed by atoms with Crippen LogP contribution in [0.3, 0.4) is 0 Å². The van der Waals surface area contributed by atoms with Gasteiger partial charge in [0.25, 0.3) is 11.8 Å². The van der Waals surface area contributed by atoms with Crippen molar-refractivity contribution in [2.45, 2.75) is 6.92 Å². The molecule has 136 valence electrons. The van der Waals surface area contributed by atoms with E-state index in [2.05, 4.69) is 10.6 Å². The van der Waals surface area contributed by atoms with Gasteiger partial charge < -0.3 is 10.6 Å². The summed E-state index contributed by atoms with van der Waals surface area (Å²) in [6.45, 7) is 1.88. The first kappa shape index (κ1) is 19.0. The normalized spacial score (nSPS) is 10.3. The van der Waals surface area contributed by atoms with Gasteiger partial charge in [-0.2, -0.15) is 0 Å². The zero-order chi connectivity index (χ0) is 19.4. The van der Waals surface area contributed by atoms with Crippen LogP contribution in [0.1, 0.15) is 26.3 Å². The summed E-state index contributed by atoms with van der Waals surface area (Å²) in [6.07, 6.45) is 0. The molecular formula is C21H16Cl2N2O2. The molecule has 0 aliphatic rings. The Morgan fingerprint density at radius 2 is 1.26 bits per heavy atom. The molecule has 0 spiro atoms. The first-order valence-electron chi connectivity index (χ1n) is 8.17. The second-order valence-corrected chi connectivity index (χ2v) is 6.83. The lowest BCUT2D eigenvalue weighted by Gasteiger charge is -2.09. The minimum atomic E-state index is -0.323. The van der Waals surface area contributed by atoms with Gasteiger partial charge in [0, 0.05) is 32.5 Å². The van der Waals surface area contributed by atoms with Crippen LogP contribution in [0.15, 0.2) is 66.7 Å². The first-order valence-corrected chi connectivity index (χ1v) is 8.92. The van der Waals surface area contributed by atoms with Crippen molar-refractivity contribution < 1.29 is 9.59 Å². The lowest BCUT2D eigenvalue weighted by Crippen LogP contribution is -2.14. The molecule has 27 heavy (non-hydrogen) atoms. The van der Waals surface area contributed by atoms with E-state index < -0.39 is 0 Å². The highest BCUT2D eigenvalue weighted by molar-refractivity contribution is 6.35. The van der Waals surface area contributed by atoms with Gasteiger partial charge in [-0.05, 0) is 61.0 Å². The van der Waals surface area contributed by atoms with Crippen LogP contribution in [0.4, 0.5) is 11.4 Å². The minimum Gasteiger partial charge on any atom is -0.322 e. The Morgan fingerprint density at radius 1 is 0.741 bits per heavy atom. The number of rotatable bonds is 4.